The molecule has 1 aromatic carbocycles. The van der Waals surface area contributed by atoms with Gasteiger partial charge in [0.1, 0.15) is 0 Å². The molecule has 2 rings (SSSR count). The Balaban J connectivity index is 2.00. The molecule has 1 aromatic rings. The van der Waals surface area contributed by atoms with E-state index < -0.39 is 5.60 Å². The Morgan fingerprint density at radius 2 is 1.88 bits per heavy atom. The van der Waals surface area contributed by atoms with Crippen LogP contribution in [0.3, 0.4) is 0 Å². The van der Waals surface area contributed by atoms with Gasteiger partial charge >= 0.3 is 0 Å². The maximum Gasteiger partial charge on any atom is 0.231 e. The molecule has 1 fully saturated rings. The number of rotatable bonds is 3. The Bertz CT molecular complexity index is 384. The summed E-state index contributed by atoms with van der Waals surface area (Å²) in [6.07, 6.45) is 1.29. The molecule has 1 amide bonds. The van der Waals surface area contributed by atoms with E-state index in [1.54, 1.807) is 0 Å². The van der Waals surface area contributed by atoms with Gasteiger partial charge in [-0.1, -0.05) is 30.3 Å². The molecule has 0 bridgehead atoms. The lowest BCUT2D eigenvalue weighted by molar-refractivity contribution is -0.120. The number of carbonyl (C=O) groups is 1. The molecule has 1 aliphatic rings. The number of nitrogens with two attached hydrogens (primary N) is 1. The molecule has 4 heteroatoms. The van der Waals surface area contributed by atoms with Crippen LogP contribution in [0.15, 0.2) is 30.3 Å². The van der Waals surface area contributed by atoms with Crippen LogP contribution in [0.25, 0.3) is 0 Å². The van der Waals surface area contributed by atoms with Crippen LogP contribution in [0.1, 0.15) is 18.4 Å². The fraction of sp³-hybridized carbons (Fsp3) is 0.462. The van der Waals surface area contributed by atoms with Gasteiger partial charge in [0.15, 0.2) is 0 Å². The van der Waals surface area contributed by atoms with Gasteiger partial charge in [0.05, 0.1) is 12.1 Å². The summed E-state index contributed by atoms with van der Waals surface area (Å²) in [6, 6.07) is 9.70. The maximum absolute atomic E-state index is 10.8. The summed E-state index contributed by atoms with van der Waals surface area (Å²) in [5.41, 5.74) is 5.36. The van der Waals surface area contributed by atoms with E-state index in [2.05, 4.69) is 0 Å². The monoisotopic (exact) mass is 234 g/mol. The van der Waals surface area contributed by atoms with Gasteiger partial charge in [0.2, 0.25) is 5.91 Å². The third-order valence-corrected chi connectivity index (χ3v) is 3.37. The molecular weight excluding hydrogens is 216 g/mol. The SMILES string of the molecule is NC(=O)CN1CCC(O)(c2ccccc2)CC1. The van der Waals surface area contributed by atoms with Gasteiger partial charge in [-0.05, 0) is 18.4 Å². The number of nitrogens with zero attached hydrogens (tertiary/aromatic N) is 1. The molecule has 92 valence electrons. The molecule has 0 saturated carbocycles. The number of benzene rings is 1. The van der Waals surface area contributed by atoms with Crippen molar-refractivity contribution in [2.24, 2.45) is 5.73 Å². The van der Waals surface area contributed by atoms with Crippen LogP contribution in [-0.4, -0.2) is 35.5 Å². The highest BCUT2D eigenvalue weighted by atomic mass is 16.3. The second kappa shape index (κ2) is 4.85. The van der Waals surface area contributed by atoms with E-state index >= 15 is 0 Å². The van der Waals surface area contributed by atoms with Crippen LogP contribution in [0, 0.1) is 0 Å². The molecule has 1 saturated heterocycles. The molecule has 1 aliphatic heterocycles. The summed E-state index contributed by atoms with van der Waals surface area (Å²) in [6.45, 7) is 1.69. The molecule has 0 spiro atoms. The molecule has 3 N–H and O–H groups in total. The van der Waals surface area contributed by atoms with E-state index in [0.717, 1.165) is 5.56 Å². The summed E-state index contributed by atoms with van der Waals surface area (Å²) in [7, 11) is 0. The number of likely N-dealkylation sites (tertiary alicyclic amines) is 1. The van der Waals surface area contributed by atoms with Crippen molar-refractivity contribution < 1.29 is 9.90 Å². The van der Waals surface area contributed by atoms with Gasteiger partial charge in [-0.25, -0.2) is 0 Å². The number of amides is 1. The number of hydrogen-bond donors (Lipinski definition) is 2. The van der Waals surface area contributed by atoms with Crippen molar-refractivity contribution in [2.45, 2.75) is 18.4 Å². The van der Waals surface area contributed by atoms with Crippen molar-refractivity contribution in [3.8, 4) is 0 Å². The third-order valence-electron chi connectivity index (χ3n) is 3.37. The van der Waals surface area contributed by atoms with E-state index in [9.17, 15) is 9.90 Å². The number of primary amides is 1. The Labute approximate surface area is 101 Å². The van der Waals surface area contributed by atoms with Crippen molar-refractivity contribution in [3.05, 3.63) is 35.9 Å². The van der Waals surface area contributed by atoms with Crippen LogP contribution in [0.4, 0.5) is 0 Å². The normalized spacial score (nSPS) is 20.1. The van der Waals surface area contributed by atoms with Crippen LogP contribution < -0.4 is 5.73 Å². The standard InChI is InChI=1S/C13H18N2O2/c14-12(16)10-15-8-6-13(17,7-9-15)11-4-2-1-3-5-11/h1-5,17H,6-10H2,(H2,14,16). The lowest BCUT2D eigenvalue weighted by atomic mass is 9.84. The Morgan fingerprint density at radius 1 is 1.29 bits per heavy atom. The van der Waals surface area contributed by atoms with Crippen molar-refractivity contribution in [3.63, 3.8) is 0 Å². The molecule has 0 aromatic heterocycles. The quantitative estimate of drug-likeness (QED) is 0.798. The molecule has 17 heavy (non-hydrogen) atoms. The number of piperidine rings is 1. The zero-order chi connectivity index (χ0) is 12.3. The predicted octanol–water partition coefficient (Wildman–Crippen LogP) is 0.455. The average molecular weight is 234 g/mol. The lowest BCUT2D eigenvalue weighted by Crippen LogP contribution is -2.45. The summed E-state index contributed by atoms with van der Waals surface area (Å²) in [5, 5.41) is 10.6. The van der Waals surface area contributed by atoms with E-state index in [4.69, 9.17) is 5.73 Å². The highest BCUT2D eigenvalue weighted by Gasteiger charge is 2.33. The van der Waals surface area contributed by atoms with Gasteiger partial charge in [-0.2, -0.15) is 0 Å². The van der Waals surface area contributed by atoms with Crippen molar-refractivity contribution in [2.75, 3.05) is 19.6 Å². The molecular formula is C13H18N2O2. The summed E-state index contributed by atoms with van der Waals surface area (Å²) in [4.78, 5) is 12.8. The minimum absolute atomic E-state index is 0.283. The summed E-state index contributed by atoms with van der Waals surface area (Å²) < 4.78 is 0. The smallest absolute Gasteiger partial charge is 0.231 e. The van der Waals surface area contributed by atoms with Crippen molar-refractivity contribution in [1.29, 1.82) is 0 Å². The first-order valence-corrected chi connectivity index (χ1v) is 5.89. The Kier molecular flexibility index (Phi) is 3.45. The molecule has 0 unspecified atom stereocenters. The van der Waals surface area contributed by atoms with Crippen molar-refractivity contribution in [1.82, 2.24) is 4.90 Å². The average Bonchev–Trinajstić information content (AvgIpc) is 2.33. The first-order valence-electron chi connectivity index (χ1n) is 5.89. The number of carbonyl (C=O) groups excluding carboxylic acids is 1. The van der Waals surface area contributed by atoms with E-state index in [0.29, 0.717) is 25.9 Å². The minimum atomic E-state index is -0.755. The van der Waals surface area contributed by atoms with Crippen LogP contribution in [0.2, 0.25) is 0 Å². The lowest BCUT2D eigenvalue weighted by Gasteiger charge is -2.38. The largest absolute Gasteiger partial charge is 0.385 e. The first-order chi connectivity index (χ1) is 8.10. The Morgan fingerprint density at radius 3 is 2.41 bits per heavy atom. The maximum atomic E-state index is 10.8. The fourth-order valence-corrected chi connectivity index (χ4v) is 2.34. The summed E-state index contributed by atoms with van der Waals surface area (Å²) >= 11 is 0. The van der Waals surface area contributed by atoms with E-state index in [1.165, 1.54) is 0 Å². The zero-order valence-corrected chi connectivity index (χ0v) is 9.80. The second-order valence-corrected chi connectivity index (χ2v) is 4.64. The molecule has 0 atom stereocenters. The zero-order valence-electron chi connectivity index (χ0n) is 9.80. The van der Waals surface area contributed by atoms with Gasteiger partial charge in [0.25, 0.3) is 0 Å². The van der Waals surface area contributed by atoms with Gasteiger partial charge in [-0.15, -0.1) is 0 Å². The fourth-order valence-electron chi connectivity index (χ4n) is 2.34. The van der Waals surface area contributed by atoms with Gasteiger partial charge in [-0.3, -0.25) is 9.69 Å². The third kappa shape index (κ3) is 2.84. The highest BCUT2D eigenvalue weighted by Crippen LogP contribution is 2.32. The Hall–Kier alpha value is -1.39. The van der Waals surface area contributed by atoms with Crippen LogP contribution in [0.5, 0.6) is 0 Å². The number of aliphatic hydroxyl groups is 1. The van der Waals surface area contributed by atoms with Crippen molar-refractivity contribution >= 4 is 5.91 Å². The topological polar surface area (TPSA) is 66.6 Å². The molecule has 0 radical (unpaired) electrons. The first kappa shape index (κ1) is 12.1. The van der Waals surface area contributed by atoms with E-state index in [1.807, 2.05) is 35.2 Å². The molecule has 0 aliphatic carbocycles. The minimum Gasteiger partial charge on any atom is -0.385 e. The number of hydrogen-bond acceptors (Lipinski definition) is 3. The van der Waals surface area contributed by atoms with Crippen LogP contribution in [-0.2, 0) is 10.4 Å². The van der Waals surface area contributed by atoms with Gasteiger partial charge < -0.3 is 10.8 Å². The molecule has 1 heterocycles. The van der Waals surface area contributed by atoms with Crippen LogP contribution >= 0.6 is 0 Å². The second-order valence-electron chi connectivity index (χ2n) is 4.64. The predicted molar refractivity (Wildman–Crippen MR) is 65.2 cm³/mol. The van der Waals surface area contributed by atoms with E-state index in [-0.39, 0.29) is 12.5 Å². The summed E-state index contributed by atoms with van der Waals surface area (Å²) in [5.74, 6) is -0.310. The van der Waals surface area contributed by atoms with Gasteiger partial charge in [0, 0.05) is 13.1 Å². The molecule has 4 nitrogen and oxygen atoms in total. The highest BCUT2D eigenvalue weighted by molar-refractivity contribution is 5.75.